The molecule has 6 heteroatoms. The largest absolute Gasteiger partial charge is 0.493 e. The second-order valence-electron chi connectivity index (χ2n) is 7.01. The van der Waals surface area contributed by atoms with Crippen LogP contribution in [-0.2, 0) is 13.1 Å². The summed E-state index contributed by atoms with van der Waals surface area (Å²) in [4.78, 5) is 16.2. The lowest BCUT2D eigenvalue weighted by molar-refractivity contribution is 0.0426. The lowest BCUT2D eigenvalue weighted by Crippen LogP contribution is -2.58. The molecule has 27 heavy (non-hydrogen) atoms. The quantitative estimate of drug-likeness (QED) is 0.815. The van der Waals surface area contributed by atoms with Crippen LogP contribution >= 0.6 is 0 Å². The van der Waals surface area contributed by atoms with Gasteiger partial charge in [-0.05, 0) is 37.4 Å². The SMILES string of the molecule is COc1ccccc1OC1CN(C(=O)NCc2cccc(CN(C)C)c2)C1. The van der Waals surface area contributed by atoms with Gasteiger partial charge in [0.25, 0.3) is 0 Å². The van der Waals surface area contributed by atoms with Gasteiger partial charge in [0, 0.05) is 13.1 Å². The van der Waals surface area contributed by atoms with Crippen LogP contribution in [0.25, 0.3) is 0 Å². The van der Waals surface area contributed by atoms with E-state index in [1.165, 1.54) is 5.56 Å². The molecule has 0 spiro atoms. The fraction of sp³-hybridized carbons (Fsp3) is 0.381. The van der Waals surface area contributed by atoms with Crippen molar-refractivity contribution in [2.45, 2.75) is 19.2 Å². The smallest absolute Gasteiger partial charge is 0.317 e. The average molecular weight is 369 g/mol. The van der Waals surface area contributed by atoms with E-state index < -0.39 is 0 Å². The van der Waals surface area contributed by atoms with Crippen LogP contribution in [-0.4, -0.2) is 56.2 Å². The van der Waals surface area contributed by atoms with Gasteiger partial charge in [-0.2, -0.15) is 0 Å². The molecule has 2 aromatic rings. The van der Waals surface area contributed by atoms with E-state index in [1.54, 1.807) is 12.0 Å². The summed E-state index contributed by atoms with van der Waals surface area (Å²) < 4.78 is 11.2. The molecule has 3 rings (SSSR count). The Hall–Kier alpha value is -2.73. The maximum absolute atomic E-state index is 12.3. The summed E-state index contributed by atoms with van der Waals surface area (Å²) in [5.41, 5.74) is 2.34. The number of urea groups is 1. The predicted molar refractivity (Wildman–Crippen MR) is 105 cm³/mol. The first kappa shape index (κ1) is 19.0. The summed E-state index contributed by atoms with van der Waals surface area (Å²) >= 11 is 0. The van der Waals surface area contributed by atoms with E-state index in [1.807, 2.05) is 50.5 Å². The Morgan fingerprint density at radius 2 is 1.81 bits per heavy atom. The van der Waals surface area contributed by atoms with Crippen molar-refractivity contribution in [3.8, 4) is 11.5 Å². The van der Waals surface area contributed by atoms with E-state index in [4.69, 9.17) is 9.47 Å². The average Bonchev–Trinajstić information content (AvgIpc) is 2.62. The maximum Gasteiger partial charge on any atom is 0.317 e. The molecule has 1 N–H and O–H groups in total. The number of nitrogens with one attached hydrogen (secondary N) is 1. The summed E-state index contributed by atoms with van der Waals surface area (Å²) in [5.74, 6) is 1.42. The Morgan fingerprint density at radius 3 is 2.52 bits per heavy atom. The number of likely N-dealkylation sites (tertiary alicyclic amines) is 1. The lowest BCUT2D eigenvalue weighted by atomic mass is 10.1. The van der Waals surface area contributed by atoms with Gasteiger partial charge in [-0.1, -0.05) is 36.4 Å². The summed E-state index contributed by atoms with van der Waals surface area (Å²) in [6, 6.07) is 15.8. The minimum absolute atomic E-state index is 0.00420. The van der Waals surface area contributed by atoms with Crippen molar-refractivity contribution in [1.29, 1.82) is 0 Å². The molecular weight excluding hydrogens is 342 g/mol. The predicted octanol–water partition coefficient (Wildman–Crippen LogP) is 2.73. The number of hydrogen-bond donors (Lipinski definition) is 1. The maximum atomic E-state index is 12.3. The molecule has 1 saturated heterocycles. The third kappa shape index (κ3) is 5.14. The van der Waals surface area contributed by atoms with Crippen molar-refractivity contribution in [2.24, 2.45) is 0 Å². The van der Waals surface area contributed by atoms with Gasteiger partial charge in [0.05, 0.1) is 20.2 Å². The highest BCUT2D eigenvalue weighted by atomic mass is 16.5. The van der Waals surface area contributed by atoms with Crippen LogP contribution in [0.5, 0.6) is 11.5 Å². The molecule has 1 aliphatic heterocycles. The van der Waals surface area contributed by atoms with Crippen molar-refractivity contribution < 1.29 is 14.3 Å². The number of methoxy groups -OCH3 is 1. The van der Waals surface area contributed by atoms with Gasteiger partial charge in [-0.25, -0.2) is 4.79 Å². The number of para-hydroxylation sites is 2. The molecule has 1 aliphatic rings. The number of carbonyl (C=O) groups excluding carboxylic acids is 1. The Labute approximate surface area is 160 Å². The van der Waals surface area contributed by atoms with Crippen molar-refractivity contribution in [2.75, 3.05) is 34.3 Å². The van der Waals surface area contributed by atoms with Gasteiger partial charge in [0.2, 0.25) is 0 Å². The van der Waals surface area contributed by atoms with E-state index in [9.17, 15) is 4.79 Å². The zero-order valence-corrected chi connectivity index (χ0v) is 16.1. The van der Waals surface area contributed by atoms with Crippen LogP contribution < -0.4 is 14.8 Å². The summed E-state index contributed by atoms with van der Waals surface area (Å²) in [6.45, 7) is 2.56. The van der Waals surface area contributed by atoms with Gasteiger partial charge < -0.3 is 24.6 Å². The van der Waals surface area contributed by atoms with Crippen molar-refractivity contribution in [3.63, 3.8) is 0 Å². The Balaban J connectivity index is 1.44. The van der Waals surface area contributed by atoms with Crippen LogP contribution in [0.1, 0.15) is 11.1 Å². The summed E-state index contributed by atoms with van der Waals surface area (Å²) in [5, 5.41) is 2.98. The Bertz CT molecular complexity index is 773. The van der Waals surface area contributed by atoms with E-state index in [2.05, 4.69) is 22.3 Å². The molecule has 6 nitrogen and oxygen atoms in total. The zero-order valence-electron chi connectivity index (χ0n) is 16.1. The van der Waals surface area contributed by atoms with Gasteiger partial charge in [0.15, 0.2) is 11.5 Å². The molecule has 1 fully saturated rings. The first-order chi connectivity index (χ1) is 13.0. The lowest BCUT2D eigenvalue weighted by Gasteiger charge is -2.39. The molecule has 2 aromatic carbocycles. The number of ether oxygens (including phenoxy) is 2. The van der Waals surface area contributed by atoms with Crippen LogP contribution in [0.15, 0.2) is 48.5 Å². The molecular formula is C21H27N3O3. The molecule has 0 unspecified atom stereocenters. The molecule has 0 radical (unpaired) electrons. The first-order valence-corrected chi connectivity index (χ1v) is 9.10. The number of hydrogen-bond acceptors (Lipinski definition) is 4. The second-order valence-corrected chi connectivity index (χ2v) is 7.01. The number of nitrogens with zero attached hydrogens (tertiary/aromatic N) is 2. The minimum atomic E-state index is -0.0621. The number of rotatable bonds is 7. The van der Waals surface area contributed by atoms with E-state index in [-0.39, 0.29) is 12.1 Å². The number of benzene rings is 2. The normalized spacial score (nSPS) is 14.0. The molecule has 0 atom stereocenters. The fourth-order valence-corrected chi connectivity index (χ4v) is 3.07. The zero-order chi connectivity index (χ0) is 19.2. The third-order valence-electron chi connectivity index (χ3n) is 4.43. The monoisotopic (exact) mass is 369 g/mol. The van der Waals surface area contributed by atoms with E-state index in [0.29, 0.717) is 31.1 Å². The van der Waals surface area contributed by atoms with Crippen LogP contribution in [0.4, 0.5) is 4.79 Å². The molecule has 1 heterocycles. The second kappa shape index (κ2) is 8.77. The Morgan fingerprint density at radius 1 is 1.11 bits per heavy atom. The van der Waals surface area contributed by atoms with Crippen molar-refractivity contribution in [1.82, 2.24) is 15.1 Å². The standard InChI is InChI=1S/C21H27N3O3/c1-23(2)13-17-8-6-7-16(11-17)12-22-21(25)24-14-18(15-24)27-20-10-5-4-9-19(20)26-3/h4-11,18H,12-15H2,1-3H3,(H,22,25). The van der Waals surface area contributed by atoms with Gasteiger partial charge in [-0.15, -0.1) is 0 Å². The number of carbonyl (C=O) groups is 1. The van der Waals surface area contributed by atoms with Crippen LogP contribution in [0, 0.1) is 0 Å². The van der Waals surface area contributed by atoms with Crippen molar-refractivity contribution >= 4 is 6.03 Å². The first-order valence-electron chi connectivity index (χ1n) is 9.10. The Kier molecular flexibility index (Phi) is 6.19. The van der Waals surface area contributed by atoms with Crippen molar-refractivity contribution in [3.05, 3.63) is 59.7 Å². The molecule has 2 amide bonds. The third-order valence-corrected chi connectivity index (χ3v) is 4.43. The van der Waals surface area contributed by atoms with E-state index >= 15 is 0 Å². The summed E-state index contributed by atoms with van der Waals surface area (Å²) in [7, 11) is 5.71. The highest BCUT2D eigenvalue weighted by Gasteiger charge is 2.32. The molecule has 0 bridgehead atoms. The highest BCUT2D eigenvalue weighted by molar-refractivity contribution is 5.75. The highest BCUT2D eigenvalue weighted by Crippen LogP contribution is 2.28. The van der Waals surface area contributed by atoms with E-state index in [0.717, 1.165) is 12.1 Å². The molecule has 0 saturated carbocycles. The molecule has 0 aliphatic carbocycles. The van der Waals surface area contributed by atoms with Crippen LogP contribution in [0.2, 0.25) is 0 Å². The molecule has 144 valence electrons. The van der Waals surface area contributed by atoms with Crippen LogP contribution in [0.3, 0.4) is 0 Å². The summed E-state index contributed by atoms with van der Waals surface area (Å²) in [6.07, 6.45) is -0.00420. The number of amides is 2. The van der Waals surface area contributed by atoms with Gasteiger partial charge in [-0.3, -0.25) is 0 Å². The minimum Gasteiger partial charge on any atom is -0.493 e. The fourth-order valence-electron chi connectivity index (χ4n) is 3.07. The topological polar surface area (TPSA) is 54.0 Å². The van der Waals surface area contributed by atoms with Gasteiger partial charge >= 0.3 is 6.03 Å². The molecule has 0 aromatic heterocycles. The van der Waals surface area contributed by atoms with Gasteiger partial charge in [0.1, 0.15) is 6.10 Å².